The largest absolute Gasteiger partial charge is 0.479 e. The molecular formula is C31H41N5O5. The summed E-state index contributed by atoms with van der Waals surface area (Å²) in [7, 11) is 3.09. The molecule has 10 heteroatoms. The molecule has 3 heterocycles. The number of piperidine rings is 2. The first kappa shape index (κ1) is 27.9. The van der Waals surface area contributed by atoms with E-state index in [4.69, 9.17) is 9.94 Å². The fraction of sp³-hybridized carbons (Fsp3) is 0.645. The lowest BCUT2D eigenvalue weighted by Crippen LogP contribution is -2.58. The van der Waals surface area contributed by atoms with Gasteiger partial charge in [0.15, 0.2) is 11.4 Å². The minimum Gasteiger partial charge on any atom is -0.479 e. The number of carboxylic acid groups (broad SMARTS) is 1. The van der Waals surface area contributed by atoms with Crippen molar-refractivity contribution in [2.45, 2.75) is 94.8 Å². The van der Waals surface area contributed by atoms with Gasteiger partial charge in [-0.1, -0.05) is 43.0 Å². The first-order chi connectivity index (χ1) is 19.8. The fourth-order valence-electron chi connectivity index (χ4n) is 8.35. The highest BCUT2D eigenvalue weighted by atomic mass is 16.6. The summed E-state index contributed by atoms with van der Waals surface area (Å²) in [5, 5.41) is 12.8. The molecule has 0 spiro atoms. The molecule has 41 heavy (non-hydrogen) atoms. The summed E-state index contributed by atoms with van der Waals surface area (Å²) in [5.41, 5.74) is 0.549. The number of carboxylic acids is 1. The van der Waals surface area contributed by atoms with Crippen molar-refractivity contribution in [1.82, 2.24) is 19.4 Å². The number of rotatable bonds is 7. The van der Waals surface area contributed by atoms with Gasteiger partial charge < -0.3 is 19.4 Å². The van der Waals surface area contributed by atoms with Crippen molar-refractivity contribution in [2.24, 2.45) is 17.0 Å². The standard InChI is InChI=1S/C31H41N5O5/c1-34(2)30(39)29(33-41-18-27(37)38)28-31(40)36(26-12-4-3-11-25(26)32-28)24-16-21-9-6-10-22(17-24)35(21)23-14-19-7-5-8-20(13-19)15-23/h3-4,11-12,19-24H,5-10,13-18H2,1-2H3,(H,37,38)/b33-29-/t19-,20+,21-,22+,23?,24+. The van der Waals surface area contributed by atoms with Crippen LogP contribution in [-0.2, 0) is 14.4 Å². The van der Waals surface area contributed by atoms with E-state index in [1.165, 1.54) is 49.8 Å². The van der Waals surface area contributed by atoms with Gasteiger partial charge in [0.25, 0.3) is 11.5 Å². The van der Waals surface area contributed by atoms with Crippen molar-refractivity contribution in [3.8, 4) is 0 Å². The molecule has 0 radical (unpaired) electrons. The number of aliphatic carboxylic acids is 1. The molecule has 6 atom stereocenters. The Kier molecular flexibility index (Phi) is 7.85. The van der Waals surface area contributed by atoms with Crippen LogP contribution < -0.4 is 5.56 Å². The van der Waals surface area contributed by atoms with Crippen molar-refractivity contribution < 1.29 is 19.5 Å². The number of benzene rings is 1. The number of aromatic nitrogens is 2. The van der Waals surface area contributed by atoms with Gasteiger partial charge in [-0.05, 0) is 68.9 Å². The van der Waals surface area contributed by atoms with Crippen LogP contribution in [0, 0.1) is 11.8 Å². The van der Waals surface area contributed by atoms with Crippen LogP contribution in [-0.4, -0.2) is 80.9 Å². The SMILES string of the molecule is CN(C)C(=O)/C(=N\OCC(=O)O)c1nc2ccccc2n([C@H]2C[C@H]3CCC[C@@H](C2)N3C2C[C@H]3CCC[C@@H](C2)C3)c1=O. The van der Waals surface area contributed by atoms with Crippen molar-refractivity contribution in [1.29, 1.82) is 0 Å². The highest BCUT2D eigenvalue weighted by Gasteiger charge is 2.45. The van der Waals surface area contributed by atoms with Gasteiger partial charge in [-0.15, -0.1) is 0 Å². The number of hydrogen-bond donors (Lipinski definition) is 1. The van der Waals surface area contributed by atoms with Crippen LogP contribution in [0.25, 0.3) is 11.0 Å². The van der Waals surface area contributed by atoms with Gasteiger partial charge in [0.2, 0.25) is 6.61 Å². The average molecular weight is 564 g/mol. The number of para-hydroxylation sites is 2. The molecule has 10 nitrogen and oxygen atoms in total. The Morgan fingerprint density at radius 2 is 1.61 bits per heavy atom. The second-order valence-corrected chi connectivity index (χ2v) is 12.8. The molecule has 1 aromatic carbocycles. The summed E-state index contributed by atoms with van der Waals surface area (Å²) in [6, 6.07) is 9.02. The van der Waals surface area contributed by atoms with Crippen molar-refractivity contribution >= 4 is 28.6 Å². The number of likely N-dealkylation sites (N-methyl/N-ethyl adjacent to an activating group) is 1. The molecule has 2 aliphatic heterocycles. The number of nitrogens with zero attached hydrogens (tertiary/aromatic N) is 5. The molecule has 2 saturated carbocycles. The topological polar surface area (TPSA) is 117 Å². The molecular weight excluding hydrogens is 522 g/mol. The predicted molar refractivity (Wildman–Crippen MR) is 155 cm³/mol. The number of oxime groups is 1. The summed E-state index contributed by atoms with van der Waals surface area (Å²) < 4.78 is 1.84. The van der Waals surface area contributed by atoms with Crippen LogP contribution in [0.2, 0.25) is 0 Å². The van der Waals surface area contributed by atoms with Gasteiger partial charge in [-0.25, -0.2) is 9.78 Å². The van der Waals surface area contributed by atoms with Crippen molar-refractivity contribution in [3.05, 3.63) is 40.3 Å². The molecule has 2 saturated heterocycles. The van der Waals surface area contributed by atoms with E-state index in [9.17, 15) is 14.4 Å². The number of hydrogen-bond acceptors (Lipinski definition) is 7. The van der Waals surface area contributed by atoms with Crippen molar-refractivity contribution in [2.75, 3.05) is 20.7 Å². The van der Waals surface area contributed by atoms with Gasteiger partial charge in [-0.3, -0.25) is 14.5 Å². The van der Waals surface area contributed by atoms with Gasteiger partial charge in [-0.2, -0.15) is 0 Å². The van der Waals surface area contributed by atoms with Crippen LogP contribution in [0.4, 0.5) is 0 Å². The van der Waals surface area contributed by atoms with Gasteiger partial charge in [0.05, 0.1) is 11.0 Å². The summed E-state index contributed by atoms with van der Waals surface area (Å²) in [5.74, 6) is -0.0587. The molecule has 6 rings (SSSR count). The third-order valence-corrected chi connectivity index (χ3v) is 9.87. The van der Waals surface area contributed by atoms with E-state index < -0.39 is 18.5 Å². The molecule has 1 aromatic heterocycles. The third-order valence-electron chi connectivity index (χ3n) is 9.87. The van der Waals surface area contributed by atoms with Crippen LogP contribution in [0.3, 0.4) is 0 Å². The van der Waals surface area contributed by atoms with E-state index in [1.54, 1.807) is 14.1 Å². The highest BCUT2D eigenvalue weighted by Crippen LogP contribution is 2.47. The summed E-state index contributed by atoms with van der Waals surface area (Å²) >= 11 is 0. The van der Waals surface area contributed by atoms with Gasteiger partial charge >= 0.3 is 5.97 Å². The smallest absolute Gasteiger partial charge is 0.344 e. The molecule has 1 unspecified atom stereocenters. The summed E-state index contributed by atoms with van der Waals surface area (Å²) in [6.07, 6.45) is 13.5. The summed E-state index contributed by atoms with van der Waals surface area (Å²) in [6.45, 7) is -0.726. The normalized spacial score (nSPS) is 30.1. The van der Waals surface area contributed by atoms with Gasteiger partial charge in [0.1, 0.15) is 0 Å². The predicted octanol–water partition coefficient (Wildman–Crippen LogP) is 3.82. The van der Waals surface area contributed by atoms with Crippen molar-refractivity contribution in [3.63, 3.8) is 0 Å². The number of amides is 1. The Balaban J connectivity index is 1.37. The maximum Gasteiger partial charge on any atom is 0.344 e. The molecule has 220 valence electrons. The zero-order valence-corrected chi connectivity index (χ0v) is 24.1. The zero-order valence-electron chi connectivity index (χ0n) is 24.1. The van der Waals surface area contributed by atoms with Crippen LogP contribution >= 0.6 is 0 Å². The van der Waals surface area contributed by atoms with Gasteiger partial charge in [0, 0.05) is 38.3 Å². The number of carbonyl (C=O) groups excluding carboxylic acids is 1. The monoisotopic (exact) mass is 563 g/mol. The molecule has 4 aliphatic rings. The second-order valence-electron chi connectivity index (χ2n) is 12.8. The Hall–Kier alpha value is -3.27. The Bertz CT molecular complexity index is 1380. The molecule has 1 N–H and O–H groups in total. The van der Waals surface area contributed by atoms with E-state index >= 15 is 0 Å². The van der Waals surface area contributed by atoms with Crippen LogP contribution in [0.15, 0.2) is 34.2 Å². The van der Waals surface area contributed by atoms with E-state index in [-0.39, 0.29) is 23.0 Å². The summed E-state index contributed by atoms with van der Waals surface area (Å²) in [4.78, 5) is 52.1. The molecule has 4 bridgehead atoms. The Morgan fingerprint density at radius 1 is 0.951 bits per heavy atom. The van der Waals surface area contributed by atoms with E-state index in [0.29, 0.717) is 23.6 Å². The minimum atomic E-state index is -1.23. The lowest BCUT2D eigenvalue weighted by atomic mass is 9.68. The van der Waals surface area contributed by atoms with Crippen LogP contribution in [0.5, 0.6) is 0 Å². The lowest BCUT2D eigenvalue weighted by molar-refractivity contribution is -0.142. The molecule has 2 aromatic rings. The van der Waals surface area contributed by atoms with E-state index in [2.05, 4.69) is 15.0 Å². The maximum atomic E-state index is 14.2. The zero-order chi connectivity index (χ0) is 28.7. The van der Waals surface area contributed by atoms with E-state index in [1.807, 2.05) is 28.8 Å². The Morgan fingerprint density at radius 3 is 2.27 bits per heavy atom. The Labute approximate surface area is 240 Å². The first-order valence-corrected chi connectivity index (χ1v) is 15.2. The number of fused-ring (bicyclic) bond motifs is 5. The molecule has 4 fully saturated rings. The molecule has 2 aliphatic carbocycles. The van der Waals surface area contributed by atoms with Crippen LogP contribution in [0.1, 0.15) is 82.4 Å². The highest BCUT2D eigenvalue weighted by molar-refractivity contribution is 6.44. The lowest BCUT2D eigenvalue weighted by Gasteiger charge is -2.55. The first-order valence-electron chi connectivity index (χ1n) is 15.2. The quantitative estimate of drug-likeness (QED) is 0.402. The average Bonchev–Trinajstić information content (AvgIpc) is 2.94. The second kappa shape index (κ2) is 11.5. The third kappa shape index (κ3) is 5.50. The maximum absolute atomic E-state index is 14.2. The minimum absolute atomic E-state index is 0.0283. The molecule has 1 amide bonds. The number of carbonyl (C=O) groups is 2. The van der Waals surface area contributed by atoms with E-state index in [0.717, 1.165) is 43.0 Å². The fourth-order valence-corrected chi connectivity index (χ4v) is 8.35.